The molecule has 2 aromatic carbocycles. The number of ether oxygens (including phenoxy) is 2. The van der Waals surface area contributed by atoms with Crippen molar-refractivity contribution in [1.29, 1.82) is 0 Å². The van der Waals surface area contributed by atoms with Crippen LogP contribution in [0.1, 0.15) is 20.7 Å². The first kappa shape index (κ1) is 18.1. The minimum atomic E-state index is -0.508. The van der Waals surface area contributed by atoms with Gasteiger partial charge in [-0.3, -0.25) is 4.79 Å². The maximum Gasteiger partial charge on any atom is 0.339 e. The predicted octanol–water partition coefficient (Wildman–Crippen LogP) is 4.26. The van der Waals surface area contributed by atoms with Crippen LogP contribution >= 0.6 is 23.5 Å². The highest BCUT2D eigenvalue weighted by atomic mass is 32.2. The molecular weight excluding hydrogens is 348 g/mol. The molecule has 124 valence electrons. The summed E-state index contributed by atoms with van der Waals surface area (Å²) in [4.78, 5) is 36.8. The lowest BCUT2D eigenvalue weighted by Crippen LogP contribution is -2.04. The fourth-order valence-electron chi connectivity index (χ4n) is 1.87. The van der Waals surface area contributed by atoms with Crippen molar-refractivity contribution in [1.82, 2.24) is 0 Å². The van der Waals surface area contributed by atoms with Gasteiger partial charge in [-0.05, 0) is 47.8 Å². The van der Waals surface area contributed by atoms with Gasteiger partial charge in [-0.15, -0.1) is 0 Å². The molecule has 0 unspecified atom stereocenters. The first-order valence-corrected chi connectivity index (χ1v) is 8.44. The van der Waals surface area contributed by atoms with Gasteiger partial charge in [0.15, 0.2) is 0 Å². The Bertz CT molecular complexity index is 710. The maximum absolute atomic E-state index is 12.3. The molecule has 0 heterocycles. The molecule has 0 amide bonds. The van der Waals surface area contributed by atoms with Gasteiger partial charge in [-0.1, -0.05) is 24.3 Å². The summed E-state index contributed by atoms with van der Waals surface area (Å²) in [6.45, 7) is 0. The Morgan fingerprint density at radius 2 is 1.08 bits per heavy atom. The van der Waals surface area contributed by atoms with Gasteiger partial charge in [0.2, 0.25) is 0 Å². The third-order valence-electron chi connectivity index (χ3n) is 2.97. The minimum Gasteiger partial charge on any atom is -0.465 e. The summed E-state index contributed by atoms with van der Waals surface area (Å²) in [5, 5.41) is 0. The largest absolute Gasteiger partial charge is 0.465 e. The van der Waals surface area contributed by atoms with Crippen molar-refractivity contribution in [2.45, 2.75) is 9.79 Å². The fraction of sp³-hybridized carbons (Fsp3) is 0.118. The molecule has 0 spiro atoms. The van der Waals surface area contributed by atoms with Crippen LogP contribution < -0.4 is 0 Å². The van der Waals surface area contributed by atoms with Gasteiger partial charge in [0.25, 0.3) is 4.45 Å². The Morgan fingerprint density at radius 3 is 1.46 bits per heavy atom. The molecule has 0 fully saturated rings. The summed E-state index contributed by atoms with van der Waals surface area (Å²) >= 11 is 1.82. The van der Waals surface area contributed by atoms with Crippen molar-refractivity contribution in [3.8, 4) is 0 Å². The van der Waals surface area contributed by atoms with Crippen LogP contribution in [0.25, 0.3) is 0 Å². The molecule has 0 radical (unpaired) electrons. The standard InChI is InChI=1S/C17H14O5S2/c1-21-15(18)11-7-3-5-9-13(11)23-17(20)24-14-10-6-4-8-12(14)16(19)22-2/h3-10H,1-2H3. The lowest BCUT2D eigenvalue weighted by molar-refractivity contribution is 0.0588. The summed E-state index contributed by atoms with van der Waals surface area (Å²) in [6.07, 6.45) is 0. The second-order valence-corrected chi connectivity index (χ2v) is 6.72. The summed E-state index contributed by atoms with van der Waals surface area (Å²) in [7, 11) is 2.57. The number of methoxy groups -OCH3 is 2. The maximum atomic E-state index is 12.3. The van der Waals surface area contributed by atoms with E-state index in [1.165, 1.54) is 14.2 Å². The minimum absolute atomic E-state index is 0.275. The van der Waals surface area contributed by atoms with E-state index in [1.807, 2.05) is 0 Å². The smallest absolute Gasteiger partial charge is 0.339 e. The highest BCUT2D eigenvalue weighted by Gasteiger charge is 2.18. The number of benzene rings is 2. The molecular formula is C17H14O5S2. The number of thioether (sulfide) groups is 2. The lowest BCUT2D eigenvalue weighted by atomic mass is 10.2. The van der Waals surface area contributed by atoms with Gasteiger partial charge in [-0.2, -0.15) is 0 Å². The zero-order chi connectivity index (χ0) is 17.5. The molecule has 2 rings (SSSR count). The van der Waals surface area contributed by atoms with Crippen molar-refractivity contribution in [2.75, 3.05) is 14.2 Å². The van der Waals surface area contributed by atoms with Gasteiger partial charge < -0.3 is 9.47 Å². The highest BCUT2D eigenvalue weighted by Crippen LogP contribution is 2.34. The summed E-state index contributed by atoms with van der Waals surface area (Å²) < 4.78 is 9.15. The molecule has 0 aliphatic heterocycles. The van der Waals surface area contributed by atoms with Crippen LogP contribution in [0.15, 0.2) is 58.3 Å². The second-order valence-electron chi connectivity index (χ2n) is 4.43. The van der Waals surface area contributed by atoms with Crippen LogP contribution in [0, 0.1) is 0 Å². The number of hydrogen-bond donors (Lipinski definition) is 0. The zero-order valence-electron chi connectivity index (χ0n) is 13.0. The molecule has 0 aliphatic carbocycles. The summed E-state index contributed by atoms with van der Waals surface area (Å²) in [5.41, 5.74) is 0.639. The first-order chi connectivity index (χ1) is 11.6. The van der Waals surface area contributed by atoms with E-state index in [1.54, 1.807) is 48.5 Å². The summed E-state index contributed by atoms with van der Waals surface area (Å²) in [5.74, 6) is -1.02. The van der Waals surface area contributed by atoms with E-state index in [-0.39, 0.29) is 4.45 Å². The van der Waals surface area contributed by atoms with Crippen molar-refractivity contribution < 1.29 is 23.9 Å². The monoisotopic (exact) mass is 362 g/mol. The van der Waals surface area contributed by atoms with Crippen LogP contribution in [0.3, 0.4) is 0 Å². The van der Waals surface area contributed by atoms with E-state index >= 15 is 0 Å². The van der Waals surface area contributed by atoms with E-state index < -0.39 is 11.9 Å². The van der Waals surface area contributed by atoms with Crippen molar-refractivity contribution in [2.24, 2.45) is 0 Å². The molecule has 24 heavy (non-hydrogen) atoms. The quantitative estimate of drug-likeness (QED) is 0.594. The second kappa shape index (κ2) is 8.56. The van der Waals surface area contributed by atoms with Crippen LogP contribution in [0.4, 0.5) is 4.79 Å². The third-order valence-corrected chi connectivity index (χ3v) is 4.96. The van der Waals surface area contributed by atoms with E-state index in [9.17, 15) is 14.4 Å². The van der Waals surface area contributed by atoms with E-state index in [0.717, 1.165) is 23.5 Å². The lowest BCUT2D eigenvalue weighted by Gasteiger charge is -2.08. The molecule has 0 bridgehead atoms. The average molecular weight is 362 g/mol. The van der Waals surface area contributed by atoms with Crippen LogP contribution in [0.2, 0.25) is 0 Å². The van der Waals surface area contributed by atoms with Crippen molar-refractivity contribution in [3.63, 3.8) is 0 Å². The topological polar surface area (TPSA) is 69.7 Å². The van der Waals surface area contributed by atoms with Gasteiger partial charge in [0, 0.05) is 9.79 Å². The molecule has 0 aromatic heterocycles. The predicted molar refractivity (Wildman–Crippen MR) is 92.7 cm³/mol. The summed E-state index contributed by atoms with van der Waals surface area (Å²) in [6, 6.07) is 13.4. The van der Waals surface area contributed by atoms with Gasteiger partial charge in [0.05, 0.1) is 25.3 Å². The number of carbonyl (C=O) groups excluding carboxylic acids is 3. The number of esters is 2. The van der Waals surface area contributed by atoms with E-state index in [4.69, 9.17) is 9.47 Å². The van der Waals surface area contributed by atoms with E-state index in [2.05, 4.69) is 0 Å². The van der Waals surface area contributed by atoms with Gasteiger partial charge in [-0.25, -0.2) is 9.59 Å². The Hall–Kier alpha value is -2.25. The molecule has 0 aliphatic rings. The Labute approximate surface area is 147 Å². The average Bonchev–Trinajstić information content (AvgIpc) is 2.61. The SMILES string of the molecule is COC(=O)c1ccccc1SC(=O)Sc1ccccc1C(=O)OC. The molecule has 0 saturated heterocycles. The number of rotatable bonds is 4. The molecule has 5 nitrogen and oxygen atoms in total. The van der Waals surface area contributed by atoms with Crippen LogP contribution in [-0.2, 0) is 9.47 Å². The Kier molecular flexibility index (Phi) is 6.45. The van der Waals surface area contributed by atoms with E-state index in [0.29, 0.717) is 20.9 Å². The Morgan fingerprint density at radius 1 is 0.708 bits per heavy atom. The van der Waals surface area contributed by atoms with Crippen molar-refractivity contribution >= 4 is 39.9 Å². The van der Waals surface area contributed by atoms with Crippen LogP contribution in [0.5, 0.6) is 0 Å². The van der Waals surface area contributed by atoms with Crippen LogP contribution in [-0.4, -0.2) is 30.6 Å². The normalized spacial score (nSPS) is 10.1. The zero-order valence-corrected chi connectivity index (χ0v) is 14.6. The van der Waals surface area contributed by atoms with Gasteiger partial charge >= 0.3 is 11.9 Å². The fourth-order valence-corrected chi connectivity index (χ4v) is 3.75. The highest BCUT2D eigenvalue weighted by molar-refractivity contribution is 8.38. The molecule has 0 atom stereocenters. The third kappa shape index (κ3) is 4.39. The molecule has 7 heteroatoms. The molecule has 2 aromatic rings. The Balaban J connectivity index is 2.19. The molecule has 0 saturated carbocycles. The van der Waals surface area contributed by atoms with Gasteiger partial charge in [0.1, 0.15) is 0 Å². The van der Waals surface area contributed by atoms with Crippen molar-refractivity contribution in [3.05, 3.63) is 59.7 Å². The first-order valence-electron chi connectivity index (χ1n) is 6.81. The number of carbonyl (C=O) groups is 3. The number of hydrogen-bond acceptors (Lipinski definition) is 7. The molecule has 0 N–H and O–H groups in total.